The van der Waals surface area contributed by atoms with E-state index in [1.165, 1.54) is 7.11 Å². The van der Waals surface area contributed by atoms with Crippen LogP contribution in [0.1, 0.15) is 23.2 Å². The second-order valence-corrected chi connectivity index (χ2v) is 4.16. The predicted molar refractivity (Wildman–Crippen MR) is 66.7 cm³/mol. The SMILES string of the molecule is COc1cccc(N)c1C(=O)OCC1CCCO1. The first-order valence-corrected chi connectivity index (χ1v) is 5.93. The van der Waals surface area contributed by atoms with Gasteiger partial charge < -0.3 is 19.9 Å². The van der Waals surface area contributed by atoms with Gasteiger partial charge in [0.15, 0.2) is 0 Å². The number of hydrogen-bond acceptors (Lipinski definition) is 5. The maximum atomic E-state index is 12.0. The minimum Gasteiger partial charge on any atom is -0.496 e. The lowest BCUT2D eigenvalue weighted by Gasteiger charge is -2.13. The van der Waals surface area contributed by atoms with Gasteiger partial charge in [-0.3, -0.25) is 0 Å². The average molecular weight is 251 g/mol. The summed E-state index contributed by atoms with van der Waals surface area (Å²) in [5.41, 5.74) is 6.40. The van der Waals surface area contributed by atoms with E-state index in [1.807, 2.05) is 0 Å². The summed E-state index contributed by atoms with van der Waals surface area (Å²) < 4.78 is 15.7. The summed E-state index contributed by atoms with van der Waals surface area (Å²) in [4.78, 5) is 12.0. The van der Waals surface area contributed by atoms with Crippen LogP contribution >= 0.6 is 0 Å². The standard InChI is InChI=1S/C13H17NO4/c1-16-11-6-2-5-10(14)12(11)13(15)18-8-9-4-3-7-17-9/h2,5-6,9H,3-4,7-8,14H2,1H3. The van der Waals surface area contributed by atoms with E-state index < -0.39 is 5.97 Å². The monoisotopic (exact) mass is 251 g/mol. The van der Waals surface area contributed by atoms with Crippen molar-refractivity contribution >= 4 is 11.7 Å². The van der Waals surface area contributed by atoms with Crippen LogP contribution in [0.3, 0.4) is 0 Å². The van der Waals surface area contributed by atoms with Crippen molar-refractivity contribution in [2.45, 2.75) is 18.9 Å². The van der Waals surface area contributed by atoms with Crippen molar-refractivity contribution in [1.29, 1.82) is 0 Å². The van der Waals surface area contributed by atoms with E-state index in [9.17, 15) is 4.79 Å². The van der Waals surface area contributed by atoms with Gasteiger partial charge in [-0.1, -0.05) is 6.07 Å². The van der Waals surface area contributed by atoms with E-state index >= 15 is 0 Å². The van der Waals surface area contributed by atoms with E-state index in [2.05, 4.69) is 0 Å². The highest BCUT2D eigenvalue weighted by Gasteiger charge is 2.21. The molecule has 5 heteroatoms. The predicted octanol–water partition coefficient (Wildman–Crippen LogP) is 1.61. The van der Waals surface area contributed by atoms with Crippen molar-refractivity contribution in [2.24, 2.45) is 0 Å². The minimum atomic E-state index is -0.472. The maximum Gasteiger partial charge on any atom is 0.344 e. The van der Waals surface area contributed by atoms with E-state index in [4.69, 9.17) is 19.9 Å². The fourth-order valence-corrected chi connectivity index (χ4v) is 1.95. The van der Waals surface area contributed by atoms with Crippen molar-refractivity contribution in [3.63, 3.8) is 0 Å². The molecule has 1 fully saturated rings. The normalized spacial score (nSPS) is 18.6. The third kappa shape index (κ3) is 2.73. The second-order valence-electron chi connectivity index (χ2n) is 4.16. The molecule has 1 aromatic rings. The summed E-state index contributed by atoms with van der Waals surface area (Å²) in [7, 11) is 1.49. The third-order valence-corrected chi connectivity index (χ3v) is 2.91. The summed E-state index contributed by atoms with van der Waals surface area (Å²) >= 11 is 0. The van der Waals surface area contributed by atoms with Crippen LogP contribution in [0, 0.1) is 0 Å². The molecule has 0 amide bonds. The number of nitrogen functional groups attached to an aromatic ring is 1. The van der Waals surface area contributed by atoms with Crippen molar-refractivity contribution < 1.29 is 19.0 Å². The number of nitrogens with two attached hydrogens (primary N) is 1. The largest absolute Gasteiger partial charge is 0.496 e. The number of methoxy groups -OCH3 is 1. The Labute approximate surface area is 106 Å². The Morgan fingerprint density at radius 3 is 3.06 bits per heavy atom. The molecule has 0 radical (unpaired) electrons. The summed E-state index contributed by atoms with van der Waals surface area (Å²) in [6, 6.07) is 5.05. The molecule has 5 nitrogen and oxygen atoms in total. The number of benzene rings is 1. The molecule has 1 atom stereocenters. The van der Waals surface area contributed by atoms with Crippen molar-refractivity contribution in [3.8, 4) is 5.75 Å². The van der Waals surface area contributed by atoms with Gasteiger partial charge in [0.2, 0.25) is 0 Å². The lowest BCUT2D eigenvalue weighted by Crippen LogP contribution is -2.19. The van der Waals surface area contributed by atoms with Gasteiger partial charge >= 0.3 is 5.97 Å². The number of ether oxygens (including phenoxy) is 3. The molecule has 2 N–H and O–H groups in total. The van der Waals surface area contributed by atoms with E-state index in [0.717, 1.165) is 19.4 Å². The molecule has 98 valence electrons. The average Bonchev–Trinajstić information content (AvgIpc) is 2.88. The van der Waals surface area contributed by atoms with Gasteiger partial charge in [0.05, 0.1) is 13.2 Å². The Balaban J connectivity index is 2.03. The highest BCUT2D eigenvalue weighted by atomic mass is 16.6. The van der Waals surface area contributed by atoms with Gasteiger partial charge in [0, 0.05) is 12.3 Å². The fourth-order valence-electron chi connectivity index (χ4n) is 1.95. The summed E-state index contributed by atoms with van der Waals surface area (Å²) in [6.07, 6.45) is 1.94. The first-order chi connectivity index (χ1) is 8.72. The zero-order valence-electron chi connectivity index (χ0n) is 10.3. The quantitative estimate of drug-likeness (QED) is 0.650. The topological polar surface area (TPSA) is 70.8 Å². The lowest BCUT2D eigenvalue weighted by molar-refractivity contribution is 0.0160. The molecular formula is C13H17NO4. The molecule has 1 aliphatic rings. The molecule has 18 heavy (non-hydrogen) atoms. The second kappa shape index (κ2) is 5.73. The summed E-state index contributed by atoms with van der Waals surface area (Å²) in [5.74, 6) is -0.0483. The van der Waals surface area contributed by atoms with E-state index in [1.54, 1.807) is 18.2 Å². The van der Waals surface area contributed by atoms with Crippen LogP contribution < -0.4 is 10.5 Å². The number of esters is 1. The molecule has 1 aromatic carbocycles. The van der Waals surface area contributed by atoms with Gasteiger partial charge in [0.25, 0.3) is 0 Å². The molecule has 0 aliphatic carbocycles. The number of carbonyl (C=O) groups is 1. The van der Waals surface area contributed by atoms with Crippen molar-refractivity contribution in [2.75, 3.05) is 26.1 Å². The van der Waals surface area contributed by atoms with Crippen LogP contribution in [-0.2, 0) is 9.47 Å². The van der Waals surface area contributed by atoms with Gasteiger partial charge in [-0.2, -0.15) is 0 Å². The third-order valence-electron chi connectivity index (χ3n) is 2.91. The molecule has 1 saturated heterocycles. The lowest BCUT2D eigenvalue weighted by atomic mass is 10.1. The molecule has 1 aliphatic heterocycles. The first-order valence-electron chi connectivity index (χ1n) is 5.93. The molecule has 0 saturated carbocycles. The van der Waals surface area contributed by atoms with Gasteiger partial charge in [-0.15, -0.1) is 0 Å². The highest BCUT2D eigenvalue weighted by molar-refractivity contribution is 5.98. The van der Waals surface area contributed by atoms with Gasteiger partial charge in [-0.05, 0) is 25.0 Å². The van der Waals surface area contributed by atoms with Gasteiger partial charge in [-0.25, -0.2) is 4.79 Å². The van der Waals surface area contributed by atoms with Crippen LogP contribution in [0.15, 0.2) is 18.2 Å². The Bertz CT molecular complexity index is 427. The van der Waals surface area contributed by atoms with Crippen LogP contribution in [0.25, 0.3) is 0 Å². The molecule has 1 heterocycles. The Morgan fingerprint density at radius 2 is 2.39 bits per heavy atom. The summed E-state index contributed by atoms with van der Waals surface area (Å²) in [6.45, 7) is 0.995. The highest BCUT2D eigenvalue weighted by Crippen LogP contribution is 2.25. The van der Waals surface area contributed by atoms with Gasteiger partial charge in [0.1, 0.15) is 17.9 Å². The molecule has 0 spiro atoms. The number of rotatable bonds is 4. The van der Waals surface area contributed by atoms with E-state index in [0.29, 0.717) is 11.4 Å². The number of anilines is 1. The van der Waals surface area contributed by atoms with Crippen molar-refractivity contribution in [1.82, 2.24) is 0 Å². The molecule has 0 bridgehead atoms. The Hall–Kier alpha value is -1.75. The zero-order chi connectivity index (χ0) is 13.0. The smallest absolute Gasteiger partial charge is 0.344 e. The molecule has 0 aromatic heterocycles. The zero-order valence-corrected chi connectivity index (χ0v) is 10.3. The minimum absolute atomic E-state index is 0.00452. The van der Waals surface area contributed by atoms with Crippen LogP contribution in [0.5, 0.6) is 5.75 Å². The molecular weight excluding hydrogens is 234 g/mol. The number of hydrogen-bond donors (Lipinski definition) is 1. The maximum absolute atomic E-state index is 12.0. The molecule has 2 rings (SSSR count). The van der Waals surface area contributed by atoms with Crippen molar-refractivity contribution in [3.05, 3.63) is 23.8 Å². The number of carbonyl (C=O) groups excluding carboxylic acids is 1. The molecule has 1 unspecified atom stereocenters. The fraction of sp³-hybridized carbons (Fsp3) is 0.462. The Kier molecular flexibility index (Phi) is 4.04. The Morgan fingerprint density at radius 1 is 1.56 bits per heavy atom. The van der Waals surface area contributed by atoms with Crippen LogP contribution in [-0.4, -0.2) is 32.4 Å². The first kappa shape index (κ1) is 12.7. The van der Waals surface area contributed by atoms with E-state index in [-0.39, 0.29) is 18.3 Å². The van der Waals surface area contributed by atoms with Crippen LogP contribution in [0.2, 0.25) is 0 Å². The van der Waals surface area contributed by atoms with Crippen LogP contribution in [0.4, 0.5) is 5.69 Å². The summed E-state index contributed by atoms with van der Waals surface area (Å²) in [5, 5.41) is 0.